The summed E-state index contributed by atoms with van der Waals surface area (Å²) in [4.78, 5) is 13.2. The van der Waals surface area contributed by atoms with Crippen molar-refractivity contribution in [1.29, 1.82) is 0 Å². The molecular formula is C25H20F2N4O3. The van der Waals surface area contributed by atoms with Crippen molar-refractivity contribution in [2.75, 3.05) is 24.9 Å². The van der Waals surface area contributed by atoms with E-state index in [0.717, 1.165) is 10.8 Å². The van der Waals surface area contributed by atoms with Gasteiger partial charge in [-0.15, -0.1) is 0 Å². The molecule has 0 fully saturated rings. The number of ether oxygens (including phenoxy) is 2. The van der Waals surface area contributed by atoms with Crippen LogP contribution in [-0.2, 0) is 0 Å². The Morgan fingerprint density at radius 1 is 0.882 bits per heavy atom. The van der Waals surface area contributed by atoms with E-state index >= 15 is 0 Å². The van der Waals surface area contributed by atoms with Crippen molar-refractivity contribution in [1.82, 2.24) is 9.78 Å². The molecule has 0 saturated heterocycles. The lowest BCUT2D eigenvalue weighted by molar-refractivity contribution is 0.251. The van der Waals surface area contributed by atoms with Crippen LogP contribution in [0.15, 0.2) is 66.7 Å². The predicted molar refractivity (Wildman–Crippen MR) is 127 cm³/mol. The second kappa shape index (κ2) is 8.43. The number of anilines is 3. The van der Waals surface area contributed by atoms with E-state index in [9.17, 15) is 13.6 Å². The second-order valence-electron chi connectivity index (χ2n) is 7.60. The Kier molecular flexibility index (Phi) is 5.29. The van der Waals surface area contributed by atoms with Gasteiger partial charge < -0.3 is 20.1 Å². The van der Waals surface area contributed by atoms with E-state index < -0.39 is 17.7 Å². The van der Waals surface area contributed by atoms with Gasteiger partial charge in [0.1, 0.15) is 17.5 Å². The van der Waals surface area contributed by atoms with Gasteiger partial charge in [-0.1, -0.05) is 12.1 Å². The summed E-state index contributed by atoms with van der Waals surface area (Å²) in [6, 6.07) is 16.5. The molecule has 1 aliphatic heterocycles. The second-order valence-corrected chi connectivity index (χ2v) is 7.60. The number of methoxy groups -OCH3 is 2. The molecule has 0 atom stereocenters. The zero-order chi connectivity index (χ0) is 23.8. The summed E-state index contributed by atoms with van der Waals surface area (Å²) in [5.41, 5.74) is 2.08. The lowest BCUT2D eigenvalue weighted by Gasteiger charge is -2.12. The van der Waals surface area contributed by atoms with Crippen molar-refractivity contribution in [2.45, 2.75) is 0 Å². The van der Waals surface area contributed by atoms with Gasteiger partial charge >= 0.3 is 6.03 Å². The topological polar surface area (TPSA) is 80.3 Å². The molecule has 3 N–H and O–H groups in total. The monoisotopic (exact) mass is 462 g/mol. The molecule has 1 amide bonds. The molecule has 0 aromatic heterocycles. The quantitative estimate of drug-likeness (QED) is 0.291. The molecule has 7 nitrogen and oxygen atoms in total. The highest BCUT2D eigenvalue weighted by Crippen LogP contribution is 2.44. The molecule has 2 aliphatic rings. The number of rotatable bonds is 5. The van der Waals surface area contributed by atoms with Crippen LogP contribution in [0.3, 0.4) is 0 Å². The van der Waals surface area contributed by atoms with Gasteiger partial charge in [-0.2, -0.15) is 4.68 Å². The van der Waals surface area contributed by atoms with E-state index in [1.165, 1.54) is 35.0 Å². The van der Waals surface area contributed by atoms with Gasteiger partial charge in [0, 0.05) is 22.3 Å². The summed E-state index contributed by atoms with van der Waals surface area (Å²) in [6.07, 6.45) is 0. The Labute approximate surface area is 193 Å². The van der Waals surface area contributed by atoms with Crippen molar-refractivity contribution in [3.05, 3.63) is 78.4 Å². The van der Waals surface area contributed by atoms with Crippen LogP contribution in [0.5, 0.6) is 11.5 Å². The number of fused-ring (bicyclic) bond motifs is 3. The molecule has 0 unspecified atom stereocenters. The standard InChI is InChI=1S/C25H20F2N4O3/c1-33-21-10-14-9-20-23(19(14)13-22(21)34-2)30-31(24(20)28-17-7-3-5-15(26)11-17)25(32)29-18-8-4-6-16(27)12-18/h3-13,28,30H,1-2H3,(H,29,32). The predicted octanol–water partition coefficient (Wildman–Crippen LogP) is 6.19. The first-order valence-corrected chi connectivity index (χ1v) is 10.4. The number of nitrogens with one attached hydrogen (secondary N) is 3. The molecule has 1 heterocycles. The average Bonchev–Trinajstić information content (AvgIpc) is 3.34. The number of nitrogens with zero attached hydrogens (tertiary/aromatic N) is 1. The summed E-state index contributed by atoms with van der Waals surface area (Å²) < 4.78 is 39.5. The van der Waals surface area contributed by atoms with Crippen LogP contribution in [0.25, 0.3) is 22.0 Å². The van der Waals surface area contributed by atoms with Gasteiger partial charge in [-0.25, -0.2) is 13.6 Å². The van der Waals surface area contributed by atoms with Crippen molar-refractivity contribution < 1.29 is 23.0 Å². The van der Waals surface area contributed by atoms with Crippen LogP contribution in [0, 0.1) is 11.6 Å². The molecule has 0 radical (unpaired) electrons. The van der Waals surface area contributed by atoms with E-state index in [2.05, 4.69) is 15.7 Å². The molecule has 5 rings (SSSR count). The third kappa shape index (κ3) is 3.77. The molecule has 172 valence electrons. The largest absolute Gasteiger partial charge is 0.493 e. The number of aromatic nitrogens is 2. The highest BCUT2D eigenvalue weighted by Gasteiger charge is 2.25. The van der Waals surface area contributed by atoms with Gasteiger partial charge in [-0.05, 0) is 60.0 Å². The number of halogens is 2. The van der Waals surface area contributed by atoms with Crippen LogP contribution >= 0.6 is 0 Å². The van der Waals surface area contributed by atoms with Crippen molar-refractivity contribution >= 4 is 34.0 Å². The van der Waals surface area contributed by atoms with Gasteiger partial charge in [0.25, 0.3) is 0 Å². The van der Waals surface area contributed by atoms with E-state index in [-0.39, 0.29) is 0 Å². The fraction of sp³-hybridized carbons (Fsp3) is 0.0800. The maximum Gasteiger partial charge on any atom is 0.346 e. The minimum absolute atomic E-state index is 0.291. The normalized spacial score (nSPS) is 11.1. The molecular weight excluding hydrogens is 442 g/mol. The Morgan fingerprint density at radius 2 is 1.53 bits per heavy atom. The van der Waals surface area contributed by atoms with Crippen LogP contribution < -0.4 is 20.1 Å². The molecule has 3 aromatic carbocycles. The first-order chi connectivity index (χ1) is 16.5. The zero-order valence-electron chi connectivity index (χ0n) is 18.3. The third-order valence-corrected chi connectivity index (χ3v) is 5.46. The van der Waals surface area contributed by atoms with Crippen molar-refractivity contribution in [2.24, 2.45) is 0 Å². The maximum atomic E-state index is 13.8. The Bertz CT molecular complexity index is 1490. The lowest BCUT2D eigenvalue weighted by atomic mass is 10.2. The number of aromatic amines is 1. The third-order valence-electron chi connectivity index (χ3n) is 5.46. The molecule has 1 aliphatic carbocycles. The van der Waals surface area contributed by atoms with Crippen LogP contribution in [0.2, 0.25) is 0 Å². The Hall–Kier alpha value is -4.53. The van der Waals surface area contributed by atoms with Gasteiger partial charge in [0.05, 0.1) is 19.9 Å². The summed E-state index contributed by atoms with van der Waals surface area (Å²) in [6.45, 7) is 0. The number of carbonyl (C=O) groups is 1. The molecule has 34 heavy (non-hydrogen) atoms. The highest BCUT2D eigenvalue weighted by molar-refractivity contribution is 6.08. The van der Waals surface area contributed by atoms with Gasteiger partial charge in [-0.3, -0.25) is 5.10 Å². The van der Waals surface area contributed by atoms with E-state index in [1.807, 2.05) is 18.2 Å². The van der Waals surface area contributed by atoms with E-state index in [0.29, 0.717) is 39.9 Å². The van der Waals surface area contributed by atoms with Crippen LogP contribution in [-0.4, -0.2) is 30.0 Å². The first-order valence-electron chi connectivity index (χ1n) is 10.4. The summed E-state index contributed by atoms with van der Waals surface area (Å²) in [5.74, 6) is 0.586. The Balaban J connectivity index is 1.65. The summed E-state index contributed by atoms with van der Waals surface area (Å²) in [7, 11) is 3.10. The Morgan fingerprint density at radius 3 is 2.21 bits per heavy atom. The SMILES string of the molecule is COc1cc2cc3c(Nc4cccc(F)c4)n(C(=O)Nc4cccc(F)c4)[nH]c-3c2cc1OC. The average molecular weight is 462 g/mol. The molecule has 0 spiro atoms. The van der Waals surface area contributed by atoms with Gasteiger partial charge in [0.15, 0.2) is 11.5 Å². The molecule has 3 aromatic rings. The molecule has 0 bridgehead atoms. The van der Waals surface area contributed by atoms with Crippen molar-refractivity contribution in [3.63, 3.8) is 0 Å². The minimum Gasteiger partial charge on any atom is -0.493 e. The number of hydrogen-bond donors (Lipinski definition) is 3. The molecule has 0 saturated carbocycles. The van der Waals surface area contributed by atoms with E-state index in [1.54, 1.807) is 32.4 Å². The van der Waals surface area contributed by atoms with Gasteiger partial charge in [0.2, 0.25) is 0 Å². The highest BCUT2D eigenvalue weighted by atomic mass is 19.1. The number of H-pyrrole nitrogens is 1. The fourth-order valence-electron chi connectivity index (χ4n) is 3.92. The molecule has 9 heteroatoms. The van der Waals surface area contributed by atoms with E-state index in [4.69, 9.17) is 9.47 Å². The zero-order valence-corrected chi connectivity index (χ0v) is 18.3. The smallest absolute Gasteiger partial charge is 0.346 e. The minimum atomic E-state index is -0.561. The first kappa shape index (κ1) is 21.3. The maximum absolute atomic E-state index is 13.8. The number of hydrogen-bond acceptors (Lipinski definition) is 4. The number of amides is 1. The number of carbonyl (C=O) groups excluding carboxylic acids is 1. The van der Waals surface area contributed by atoms with Crippen LogP contribution in [0.1, 0.15) is 0 Å². The number of benzene rings is 3. The van der Waals surface area contributed by atoms with Crippen LogP contribution in [0.4, 0.5) is 30.8 Å². The fourth-order valence-corrected chi connectivity index (χ4v) is 3.92. The summed E-state index contributed by atoms with van der Waals surface area (Å²) >= 11 is 0. The van der Waals surface area contributed by atoms with Crippen molar-refractivity contribution in [3.8, 4) is 22.8 Å². The summed E-state index contributed by atoms with van der Waals surface area (Å²) in [5, 5.41) is 10.6. The lowest BCUT2D eigenvalue weighted by Crippen LogP contribution is -2.22.